The van der Waals surface area contributed by atoms with Crippen LogP contribution in [-0.4, -0.2) is 48.9 Å². The van der Waals surface area contributed by atoms with Gasteiger partial charge >= 0.3 is 0 Å². The van der Waals surface area contributed by atoms with Gasteiger partial charge in [0.1, 0.15) is 0 Å². The van der Waals surface area contributed by atoms with Crippen molar-refractivity contribution in [3.8, 4) is 11.4 Å². The van der Waals surface area contributed by atoms with Gasteiger partial charge in [-0.1, -0.05) is 16.8 Å². The predicted molar refractivity (Wildman–Crippen MR) is 98.9 cm³/mol. The van der Waals surface area contributed by atoms with Gasteiger partial charge in [-0.15, -0.1) is 0 Å². The third kappa shape index (κ3) is 6.03. The zero-order chi connectivity index (χ0) is 18.3. The van der Waals surface area contributed by atoms with E-state index in [1.807, 2.05) is 26.0 Å². The van der Waals surface area contributed by atoms with E-state index < -0.39 is 0 Å². The number of methoxy groups -OCH3 is 1. The maximum atomic E-state index is 5.88. The fourth-order valence-electron chi connectivity index (χ4n) is 1.95. The van der Waals surface area contributed by atoms with Gasteiger partial charge in [-0.05, 0) is 38.1 Å². The van der Waals surface area contributed by atoms with Crippen LogP contribution in [-0.2, 0) is 11.2 Å². The summed E-state index contributed by atoms with van der Waals surface area (Å²) in [6.45, 7) is 5.27. The molecule has 0 spiro atoms. The lowest BCUT2D eigenvalue weighted by Gasteiger charge is -2.24. The Morgan fingerprint density at radius 3 is 2.64 bits per heavy atom. The first-order valence-electron chi connectivity index (χ1n) is 8.02. The molecule has 1 aromatic carbocycles. The summed E-state index contributed by atoms with van der Waals surface area (Å²) in [5, 5.41) is 11.1. The van der Waals surface area contributed by atoms with E-state index in [0.29, 0.717) is 42.2 Å². The van der Waals surface area contributed by atoms with Gasteiger partial charge in [-0.2, -0.15) is 4.98 Å². The number of aliphatic imine (C=N–C) groups is 1. The third-order valence-corrected chi connectivity index (χ3v) is 3.91. The maximum absolute atomic E-state index is 5.88. The van der Waals surface area contributed by atoms with E-state index in [4.69, 9.17) is 20.9 Å². The first-order chi connectivity index (χ1) is 11.9. The van der Waals surface area contributed by atoms with Crippen molar-refractivity contribution in [2.45, 2.75) is 25.9 Å². The molecule has 2 aromatic rings. The van der Waals surface area contributed by atoms with E-state index in [1.54, 1.807) is 26.3 Å². The lowest BCUT2D eigenvalue weighted by atomic mass is 10.1. The van der Waals surface area contributed by atoms with Gasteiger partial charge in [0.15, 0.2) is 5.96 Å². The molecule has 0 radical (unpaired) electrons. The van der Waals surface area contributed by atoms with Gasteiger partial charge < -0.3 is 19.9 Å². The monoisotopic (exact) mass is 365 g/mol. The van der Waals surface area contributed by atoms with Crippen molar-refractivity contribution in [1.82, 2.24) is 20.8 Å². The number of rotatable bonds is 7. The molecule has 1 aromatic heterocycles. The summed E-state index contributed by atoms with van der Waals surface area (Å²) in [5.41, 5.74) is 0.601. The first-order valence-corrected chi connectivity index (χ1v) is 8.39. The molecule has 136 valence electrons. The van der Waals surface area contributed by atoms with E-state index in [-0.39, 0.29) is 5.60 Å². The molecule has 2 N–H and O–H groups in total. The molecule has 0 aliphatic heterocycles. The molecule has 0 saturated heterocycles. The van der Waals surface area contributed by atoms with Crippen LogP contribution >= 0.6 is 11.6 Å². The molecule has 2 rings (SSSR count). The summed E-state index contributed by atoms with van der Waals surface area (Å²) < 4.78 is 10.7. The molecule has 0 atom stereocenters. The number of aromatic nitrogens is 2. The van der Waals surface area contributed by atoms with Gasteiger partial charge in [0.25, 0.3) is 0 Å². The molecular formula is C17H24ClN5O2. The Hall–Kier alpha value is -2.12. The number of guanidine groups is 1. The van der Waals surface area contributed by atoms with E-state index in [0.717, 1.165) is 5.56 Å². The number of nitrogens with one attached hydrogen (secondary N) is 2. The van der Waals surface area contributed by atoms with Crippen LogP contribution in [0.15, 0.2) is 33.8 Å². The Balaban J connectivity index is 1.82. The van der Waals surface area contributed by atoms with Crippen LogP contribution in [0.3, 0.4) is 0 Å². The van der Waals surface area contributed by atoms with Crippen molar-refractivity contribution in [2.75, 3.05) is 27.2 Å². The molecule has 0 saturated carbocycles. The average Bonchev–Trinajstić information content (AvgIpc) is 3.07. The molecule has 0 amide bonds. The summed E-state index contributed by atoms with van der Waals surface area (Å²) in [6.07, 6.45) is 0.592. The number of benzene rings is 1. The minimum atomic E-state index is -0.266. The number of nitrogens with zero attached hydrogens (tertiary/aromatic N) is 3. The molecule has 7 nitrogen and oxygen atoms in total. The molecular weight excluding hydrogens is 342 g/mol. The molecule has 0 unspecified atom stereocenters. The number of ether oxygens (including phenoxy) is 1. The fourth-order valence-corrected chi connectivity index (χ4v) is 2.08. The van der Waals surface area contributed by atoms with Crippen molar-refractivity contribution in [3.05, 3.63) is 35.2 Å². The average molecular weight is 366 g/mol. The van der Waals surface area contributed by atoms with E-state index >= 15 is 0 Å². The highest BCUT2D eigenvalue weighted by atomic mass is 35.5. The smallest absolute Gasteiger partial charge is 0.228 e. The summed E-state index contributed by atoms with van der Waals surface area (Å²) in [5.74, 6) is 1.81. The van der Waals surface area contributed by atoms with Crippen LogP contribution in [0.25, 0.3) is 11.4 Å². The molecule has 0 bridgehead atoms. The summed E-state index contributed by atoms with van der Waals surface area (Å²) in [6, 6.07) is 7.31. The topological polar surface area (TPSA) is 84.6 Å². The van der Waals surface area contributed by atoms with Crippen LogP contribution in [0, 0.1) is 0 Å². The second-order valence-electron chi connectivity index (χ2n) is 6.08. The number of halogens is 1. The maximum Gasteiger partial charge on any atom is 0.228 e. The summed E-state index contributed by atoms with van der Waals surface area (Å²) >= 11 is 5.88. The minimum Gasteiger partial charge on any atom is -0.377 e. The van der Waals surface area contributed by atoms with E-state index in [9.17, 15) is 0 Å². The molecule has 0 aliphatic rings. The van der Waals surface area contributed by atoms with Crippen LogP contribution in [0.2, 0.25) is 5.02 Å². The van der Waals surface area contributed by atoms with Gasteiger partial charge in [0, 0.05) is 44.3 Å². The van der Waals surface area contributed by atoms with Gasteiger partial charge in [0.05, 0.1) is 5.60 Å². The second-order valence-corrected chi connectivity index (χ2v) is 6.52. The number of hydrogen-bond donors (Lipinski definition) is 2. The SMILES string of the molecule is CN=C(NCCc1nc(-c2ccc(Cl)cc2)no1)NCC(C)(C)OC. The quantitative estimate of drug-likeness (QED) is 0.579. The lowest BCUT2D eigenvalue weighted by molar-refractivity contribution is 0.0268. The Kier molecular flexibility index (Phi) is 6.78. The zero-order valence-electron chi connectivity index (χ0n) is 15.0. The summed E-state index contributed by atoms with van der Waals surface area (Å²) in [4.78, 5) is 8.57. The van der Waals surface area contributed by atoms with Crippen molar-refractivity contribution in [2.24, 2.45) is 4.99 Å². The van der Waals surface area contributed by atoms with Crippen LogP contribution < -0.4 is 10.6 Å². The molecule has 8 heteroatoms. The van der Waals surface area contributed by atoms with E-state index in [1.165, 1.54) is 0 Å². The van der Waals surface area contributed by atoms with Gasteiger partial charge in [-0.3, -0.25) is 4.99 Å². The van der Waals surface area contributed by atoms with Crippen molar-refractivity contribution in [3.63, 3.8) is 0 Å². The largest absolute Gasteiger partial charge is 0.377 e. The molecule has 25 heavy (non-hydrogen) atoms. The van der Waals surface area contributed by atoms with Crippen molar-refractivity contribution >= 4 is 17.6 Å². The Bertz CT molecular complexity index is 697. The molecule has 0 aliphatic carbocycles. The third-order valence-electron chi connectivity index (χ3n) is 3.66. The van der Waals surface area contributed by atoms with Crippen molar-refractivity contribution in [1.29, 1.82) is 0 Å². The zero-order valence-corrected chi connectivity index (χ0v) is 15.7. The molecule has 1 heterocycles. The number of hydrogen-bond acceptors (Lipinski definition) is 5. The Labute approximate surface area is 152 Å². The standard InChI is InChI=1S/C17H24ClN5O2/c1-17(2,24-4)11-21-16(19-3)20-10-9-14-22-15(23-25-14)12-5-7-13(18)8-6-12/h5-8H,9-11H2,1-4H3,(H2,19,20,21). The Morgan fingerprint density at radius 2 is 2.00 bits per heavy atom. The minimum absolute atomic E-state index is 0.266. The van der Waals surface area contributed by atoms with Crippen LogP contribution in [0.1, 0.15) is 19.7 Å². The van der Waals surface area contributed by atoms with Gasteiger partial charge in [-0.25, -0.2) is 0 Å². The van der Waals surface area contributed by atoms with Gasteiger partial charge in [0.2, 0.25) is 11.7 Å². The van der Waals surface area contributed by atoms with Crippen molar-refractivity contribution < 1.29 is 9.26 Å². The van der Waals surface area contributed by atoms with E-state index in [2.05, 4.69) is 25.8 Å². The highest BCUT2D eigenvalue weighted by Gasteiger charge is 2.16. The second kappa shape index (κ2) is 8.82. The fraction of sp³-hybridized carbons (Fsp3) is 0.471. The van der Waals surface area contributed by atoms with Crippen LogP contribution in [0.5, 0.6) is 0 Å². The predicted octanol–water partition coefficient (Wildman–Crippen LogP) is 2.52. The molecule has 0 fully saturated rings. The highest BCUT2D eigenvalue weighted by molar-refractivity contribution is 6.30. The highest BCUT2D eigenvalue weighted by Crippen LogP contribution is 2.18. The summed E-state index contributed by atoms with van der Waals surface area (Å²) in [7, 11) is 3.41. The Morgan fingerprint density at radius 1 is 1.28 bits per heavy atom. The first kappa shape index (κ1) is 19.2. The van der Waals surface area contributed by atoms with Crippen LogP contribution in [0.4, 0.5) is 0 Å². The lowest BCUT2D eigenvalue weighted by Crippen LogP contribution is -2.45. The normalized spacial score (nSPS) is 12.3.